The molecular weight excluding hydrogens is 136 g/mol. The molecule has 2 aliphatic carbocycles. The molecular formula is C9H16N2. The van der Waals surface area contributed by atoms with E-state index in [0.717, 1.165) is 17.7 Å². The third kappa shape index (κ3) is 1.26. The van der Waals surface area contributed by atoms with Crippen LogP contribution in [0.25, 0.3) is 0 Å². The first-order chi connectivity index (χ1) is 5.29. The molecule has 0 aliphatic heterocycles. The second-order valence-electron chi connectivity index (χ2n) is 3.87. The van der Waals surface area contributed by atoms with Gasteiger partial charge in [0, 0.05) is 0 Å². The van der Waals surface area contributed by atoms with Crippen molar-refractivity contribution in [2.75, 3.05) is 0 Å². The Morgan fingerprint density at radius 1 is 1.27 bits per heavy atom. The summed E-state index contributed by atoms with van der Waals surface area (Å²) in [6.07, 6.45) is 5.62. The van der Waals surface area contributed by atoms with Crippen molar-refractivity contribution in [1.29, 1.82) is 0 Å². The molecule has 2 heteroatoms. The number of aliphatic imine (C=N–C) groups is 1. The molecule has 0 aromatic heterocycles. The second-order valence-corrected chi connectivity index (χ2v) is 3.87. The van der Waals surface area contributed by atoms with Gasteiger partial charge in [0.15, 0.2) is 0 Å². The maximum absolute atomic E-state index is 5.54. The highest BCUT2D eigenvalue weighted by Gasteiger charge is 2.50. The number of fused-ring (bicyclic) bond motifs is 1. The molecule has 2 unspecified atom stereocenters. The summed E-state index contributed by atoms with van der Waals surface area (Å²) >= 11 is 0. The molecule has 0 bridgehead atoms. The minimum atomic E-state index is 0.613. The average Bonchev–Trinajstić information content (AvgIpc) is 2.64. The minimum absolute atomic E-state index is 0.613. The molecule has 0 spiro atoms. The van der Waals surface area contributed by atoms with Crippen LogP contribution in [-0.4, -0.2) is 11.9 Å². The standard InChI is InChI=1S/C9H16N2/c1-6(10)11-9-7-4-2-3-5-8(7)9/h7-9H,2-5H2,1H3,(H2,10,11). The van der Waals surface area contributed by atoms with Gasteiger partial charge in [-0.2, -0.15) is 0 Å². The Bertz CT molecular complexity index is 170. The van der Waals surface area contributed by atoms with Gasteiger partial charge in [-0.3, -0.25) is 4.99 Å². The fourth-order valence-electron chi connectivity index (χ4n) is 2.38. The summed E-state index contributed by atoms with van der Waals surface area (Å²) in [6, 6.07) is 0.613. The number of nitrogens with zero attached hydrogens (tertiary/aromatic N) is 1. The molecule has 0 saturated heterocycles. The lowest BCUT2D eigenvalue weighted by Gasteiger charge is -2.04. The van der Waals surface area contributed by atoms with E-state index in [-0.39, 0.29) is 0 Å². The van der Waals surface area contributed by atoms with E-state index in [0.29, 0.717) is 6.04 Å². The molecule has 11 heavy (non-hydrogen) atoms. The van der Waals surface area contributed by atoms with Crippen molar-refractivity contribution < 1.29 is 0 Å². The lowest BCUT2D eigenvalue weighted by atomic mass is 10.0. The fraction of sp³-hybridized carbons (Fsp3) is 0.889. The molecule has 2 atom stereocenters. The molecule has 62 valence electrons. The number of nitrogens with two attached hydrogens (primary N) is 1. The number of hydrogen-bond acceptors (Lipinski definition) is 1. The predicted octanol–water partition coefficient (Wildman–Crippen LogP) is 1.55. The van der Waals surface area contributed by atoms with E-state index in [1.54, 1.807) is 0 Å². The lowest BCUT2D eigenvalue weighted by molar-refractivity contribution is 0.480. The smallest absolute Gasteiger partial charge is 0.0909 e. The summed E-state index contributed by atoms with van der Waals surface area (Å²) in [5.74, 6) is 2.58. The zero-order chi connectivity index (χ0) is 7.84. The Balaban J connectivity index is 1.95. The lowest BCUT2D eigenvalue weighted by Crippen LogP contribution is -2.06. The van der Waals surface area contributed by atoms with E-state index >= 15 is 0 Å². The van der Waals surface area contributed by atoms with E-state index < -0.39 is 0 Å². The van der Waals surface area contributed by atoms with Crippen LogP contribution >= 0.6 is 0 Å². The second kappa shape index (κ2) is 2.50. The van der Waals surface area contributed by atoms with Crippen LogP contribution < -0.4 is 5.73 Å². The molecule has 0 aromatic rings. The Kier molecular flexibility index (Phi) is 1.63. The van der Waals surface area contributed by atoms with E-state index in [1.807, 2.05) is 6.92 Å². The van der Waals surface area contributed by atoms with Gasteiger partial charge < -0.3 is 5.73 Å². The van der Waals surface area contributed by atoms with Crippen LogP contribution in [0.2, 0.25) is 0 Å². The van der Waals surface area contributed by atoms with Crippen LogP contribution in [0.4, 0.5) is 0 Å². The summed E-state index contributed by atoms with van der Waals surface area (Å²) in [4.78, 5) is 4.43. The SMILES string of the molecule is CC(N)=NC1C2CCCCC21. The fourth-order valence-corrected chi connectivity index (χ4v) is 2.38. The Morgan fingerprint density at radius 3 is 2.27 bits per heavy atom. The topological polar surface area (TPSA) is 38.4 Å². The van der Waals surface area contributed by atoms with E-state index in [9.17, 15) is 0 Å². The van der Waals surface area contributed by atoms with Crippen molar-refractivity contribution in [3.05, 3.63) is 0 Å². The predicted molar refractivity (Wildman–Crippen MR) is 46.5 cm³/mol. The molecule has 2 nitrogen and oxygen atoms in total. The molecule has 2 N–H and O–H groups in total. The number of rotatable bonds is 1. The van der Waals surface area contributed by atoms with Crippen LogP contribution in [0.1, 0.15) is 32.6 Å². The molecule has 2 saturated carbocycles. The van der Waals surface area contributed by atoms with Crippen molar-refractivity contribution in [1.82, 2.24) is 0 Å². The highest BCUT2D eigenvalue weighted by atomic mass is 15.0. The highest BCUT2D eigenvalue weighted by molar-refractivity contribution is 5.77. The summed E-state index contributed by atoms with van der Waals surface area (Å²) in [5, 5.41) is 0. The maximum Gasteiger partial charge on any atom is 0.0909 e. The van der Waals surface area contributed by atoms with Gasteiger partial charge in [-0.1, -0.05) is 12.8 Å². The highest BCUT2D eigenvalue weighted by Crippen LogP contribution is 2.51. The number of hydrogen-bond donors (Lipinski definition) is 1. The maximum atomic E-state index is 5.54. The van der Waals surface area contributed by atoms with Crippen LogP contribution in [0, 0.1) is 11.8 Å². The molecule has 0 radical (unpaired) electrons. The molecule has 0 aromatic carbocycles. The molecule has 2 rings (SSSR count). The Morgan fingerprint density at radius 2 is 1.82 bits per heavy atom. The first kappa shape index (κ1) is 7.14. The zero-order valence-corrected chi connectivity index (χ0v) is 7.09. The van der Waals surface area contributed by atoms with Gasteiger partial charge in [0.1, 0.15) is 0 Å². The summed E-state index contributed by atoms with van der Waals surface area (Å²) in [6.45, 7) is 1.89. The summed E-state index contributed by atoms with van der Waals surface area (Å²) in [7, 11) is 0. The molecule has 2 aliphatic rings. The molecule has 2 fully saturated rings. The zero-order valence-electron chi connectivity index (χ0n) is 7.09. The van der Waals surface area contributed by atoms with Gasteiger partial charge in [0.2, 0.25) is 0 Å². The Hall–Kier alpha value is -0.530. The van der Waals surface area contributed by atoms with Crippen LogP contribution in [-0.2, 0) is 0 Å². The minimum Gasteiger partial charge on any atom is -0.388 e. The third-order valence-corrected chi connectivity index (χ3v) is 2.96. The van der Waals surface area contributed by atoms with Crippen molar-refractivity contribution >= 4 is 5.84 Å². The van der Waals surface area contributed by atoms with Crippen molar-refractivity contribution in [2.45, 2.75) is 38.6 Å². The van der Waals surface area contributed by atoms with Gasteiger partial charge >= 0.3 is 0 Å². The van der Waals surface area contributed by atoms with Crippen LogP contribution in [0.15, 0.2) is 4.99 Å². The van der Waals surface area contributed by atoms with Crippen molar-refractivity contribution in [2.24, 2.45) is 22.6 Å². The average molecular weight is 152 g/mol. The largest absolute Gasteiger partial charge is 0.388 e. The van der Waals surface area contributed by atoms with Gasteiger partial charge in [-0.15, -0.1) is 0 Å². The molecule has 0 heterocycles. The van der Waals surface area contributed by atoms with Gasteiger partial charge in [0.05, 0.1) is 11.9 Å². The quantitative estimate of drug-likeness (QED) is 0.449. The van der Waals surface area contributed by atoms with Crippen molar-refractivity contribution in [3.8, 4) is 0 Å². The molecule has 0 amide bonds. The van der Waals surface area contributed by atoms with Crippen molar-refractivity contribution in [3.63, 3.8) is 0 Å². The number of amidine groups is 1. The van der Waals surface area contributed by atoms with Gasteiger partial charge in [-0.25, -0.2) is 0 Å². The first-order valence-corrected chi connectivity index (χ1v) is 4.59. The third-order valence-electron chi connectivity index (χ3n) is 2.96. The normalized spacial score (nSPS) is 43.4. The van der Waals surface area contributed by atoms with E-state index in [4.69, 9.17) is 5.73 Å². The Labute approximate surface area is 67.9 Å². The monoisotopic (exact) mass is 152 g/mol. The first-order valence-electron chi connectivity index (χ1n) is 4.59. The van der Waals surface area contributed by atoms with Gasteiger partial charge in [-0.05, 0) is 31.6 Å². The van der Waals surface area contributed by atoms with Crippen LogP contribution in [0.5, 0.6) is 0 Å². The van der Waals surface area contributed by atoms with E-state index in [1.165, 1.54) is 25.7 Å². The van der Waals surface area contributed by atoms with Gasteiger partial charge in [0.25, 0.3) is 0 Å². The van der Waals surface area contributed by atoms with E-state index in [2.05, 4.69) is 4.99 Å². The summed E-state index contributed by atoms with van der Waals surface area (Å²) in [5.41, 5.74) is 5.54. The van der Waals surface area contributed by atoms with Crippen LogP contribution in [0.3, 0.4) is 0 Å². The summed E-state index contributed by atoms with van der Waals surface area (Å²) < 4.78 is 0.